The highest BCUT2D eigenvalue weighted by Gasteiger charge is 2.33. The van der Waals surface area contributed by atoms with Crippen molar-refractivity contribution >= 4 is 22.8 Å². The molecule has 5 rings (SSSR count). The van der Waals surface area contributed by atoms with Crippen molar-refractivity contribution < 1.29 is 18.7 Å². The summed E-state index contributed by atoms with van der Waals surface area (Å²) in [4.78, 5) is 29.3. The predicted molar refractivity (Wildman–Crippen MR) is 140 cm³/mol. The van der Waals surface area contributed by atoms with Crippen LogP contribution in [0.25, 0.3) is 11.0 Å². The lowest BCUT2D eigenvalue weighted by Gasteiger charge is -2.32. The fourth-order valence-corrected chi connectivity index (χ4v) is 4.82. The number of amides is 2. The third kappa shape index (κ3) is 5.73. The number of hydrogen-bond donors (Lipinski definition) is 1. The lowest BCUT2D eigenvalue weighted by molar-refractivity contribution is -0.142. The lowest BCUT2D eigenvalue weighted by Crippen LogP contribution is -2.46. The van der Waals surface area contributed by atoms with Crippen LogP contribution in [0.3, 0.4) is 0 Å². The molecular weight excluding hydrogens is 485 g/mol. The Morgan fingerprint density at radius 3 is 2.63 bits per heavy atom. The normalized spacial score (nSPS) is 15.9. The first kappa shape index (κ1) is 25.5. The van der Waals surface area contributed by atoms with Crippen molar-refractivity contribution in [2.75, 3.05) is 13.2 Å². The molecular formula is C29H30FN5O3. The largest absolute Gasteiger partial charge is 0.376 e. The van der Waals surface area contributed by atoms with Crippen molar-refractivity contribution in [1.29, 1.82) is 0 Å². The number of para-hydroxylation sites is 1. The Labute approximate surface area is 220 Å². The lowest BCUT2D eigenvalue weighted by atomic mass is 9.98. The first-order chi connectivity index (χ1) is 18.5. The van der Waals surface area contributed by atoms with Gasteiger partial charge in [-0.25, -0.2) is 9.07 Å². The number of ether oxygens (including phenoxy) is 1. The van der Waals surface area contributed by atoms with Gasteiger partial charge < -0.3 is 15.0 Å². The Hall–Kier alpha value is -4.11. The van der Waals surface area contributed by atoms with E-state index in [2.05, 4.69) is 15.6 Å². The second-order valence-electron chi connectivity index (χ2n) is 9.52. The number of hydrogen-bond acceptors (Lipinski definition) is 5. The van der Waals surface area contributed by atoms with Crippen LogP contribution in [0, 0.1) is 12.7 Å². The molecule has 8 nitrogen and oxygen atoms in total. The van der Waals surface area contributed by atoms with Crippen LogP contribution in [0.1, 0.15) is 35.6 Å². The average molecular weight is 516 g/mol. The SMILES string of the molecule is Cc1ccccc1C(C(=O)NCC1CCCO1)N(Cc1ccc(F)cc1)C(=O)Cn1nnc2ccccc21. The molecule has 2 unspecified atom stereocenters. The van der Waals surface area contributed by atoms with E-state index in [1.54, 1.807) is 12.1 Å². The van der Waals surface area contributed by atoms with Crippen LogP contribution in [0.15, 0.2) is 72.8 Å². The van der Waals surface area contributed by atoms with Gasteiger partial charge in [-0.05, 0) is 60.7 Å². The standard InChI is InChI=1S/C29H30FN5O3/c1-20-7-2-3-9-24(20)28(29(37)31-17-23-8-6-16-38-23)34(18-21-12-14-22(30)15-13-21)27(36)19-35-26-11-5-4-10-25(26)32-33-35/h2-5,7,9-15,23,28H,6,8,16-19H2,1H3,(H,31,37). The molecule has 0 bridgehead atoms. The highest BCUT2D eigenvalue weighted by atomic mass is 19.1. The van der Waals surface area contributed by atoms with Gasteiger partial charge in [0.15, 0.2) is 0 Å². The third-order valence-corrected chi connectivity index (χ3v) is 6.86. The topological polar surface area (TPSA) is 89.4 Å². The Bertz CT molecular complexity index is 1420. The summed E-state index contributed by atoms with van der Waals surface area (Å²) in [6, 6.07) is 20.0. The first-order valence-corrected chi connectivity index (χ1v) is 12.8. The van der Waals surface area contributed by atoms with E-state index in [-0.39, 0.29) is 36.8 Å². The summed E-state index contributed by atoms with van der Waals surface area (Å²) in [5.41, 5.74) is 3.70. The van der Waals surface area contributed by atoms with E-state index >= 15 is 0 Å². The Kier molecular flexibility index (Phi) is 7.74. The predicted octanol–water partition coefficient (Wildman–Crippen LogP) is 3.94. The van der Waals surface area contributed by atoms with Gasteiger partial charge in [0.2, 0.25) is 11.8 Å². The molecule has 1 aliphatic rings. The second-order valence-corrected chi connectivity index (χ2v) is 9.52. The molecule has 0 saturated carbocycles. The number of aromatic nitrogens is 3. The summed E-state index contributed by atoms with van der Waals surface area (Å²) >= 11 is 0. The smallest absolute Gasteiger partial charge is 0.247 e. The van der Waals surface area contributed by atoms with Gasteiger partial charge in [-0.15, -0.1) is 5.10 Å². The quantitative estimate of drug-likeness (QED) is 0.365. The molecule has 196 valence electrons. The minimum absolute atomic E-state index is 0.0424. The highest BCUT2D eigenvalue weighted by molar-refractivity contribution is 5.89. The number of benzene rings is 3. The summed E-state index contributed by atoms with van der Waals surface area (Å²) in [7, 11) is 0. The number of carbonyl (C=O) groups is 2. The number of fused-ring (bicyclic) bond motifs is 1. The summed E-state index contributed by atoms with van der Waals surface area (Å²) in [6.45, 7) is 2.97. The van der Waals surface area contributed by atoms with E-state index in [4.69, 9.17) is 4.74 Å². The molecule has 1 N–H and O–H groups in total. The zero-order chi connectivity index (χ0) is 26.5. The molecule has 2 amide bonds. The summed E-state index contributed by atoms with van der Waals surface area (Å²) in [6.07, 6.45) is 1.80. The molecule has 2 atom stereocenters. The zero-order valence-electron chi connectivity index (χ0n) is 21.2. The summed E-state index contributed by atoms with van der Waals surface area (Å²) < 4.78 is 20.9. The van der Waals surface area contributed by atoms with Crippen molar-refractivity contribution in [2.24, 2.45) is 0 Å². The summed E-state index contributed by atoms with van der Waals surface area (Å²) in [5, 5.41) is 11.3. The Morgan fingerprint density at radius 2 is 1.87 bits per heavy atom. The number of nitrogens with zero attached hydrogens (tertiary/aromatic N) is 4. The molecule has 1 saturated heterocycles. The van der Waals surface area contributed by atoms with E-state index in [0.29, 0.717) is 24.2 Å². The fourth-order valence-electron chi connectivity index (χ4n) is 4.82. The van der Waals surface area contributed by atoms with Gasteiger partial charge in [-0.3, -0.25) is 9.59 Å². The number of rotatable bonds is 9. The third-order valence-electron chi connectivity index (χ3n) is 6.86. The fraction of sp³-hybridized carbons (Fsp3) is 0.310. The molecule has 9 heteroatoms. The summed E-state index contributed by atoms with van der Waals surface area (Å²) in [5.74, 6) is -0.982. The number of carbonyl (C=O) groups excluding carboxylic acids is 2. The molecule has 1 aliphatic heterocycles. The molecule has 4 aromatic rings. The average Bonchev–Trinajstić information content (AvgIpc) is 3.60. The van der Waals surface area contributed by atoms with Crippen LogP contribution in [0.5, 0.6) is 0 Å². The number of nitrogens with one attached hydrogen (secondary N) is 1. The molecule has 3 aromatic carbocycles. The van der Waals surface area contributed by atoms with Crippen molar-refractivity contribution in [3.05, 3.63) is 95.3 Å². The van der Waals surface area contributed by atoms with Gasteiger partial charge in [-0.1, -0.05) is 53.7 Å². The Morgan fingerprint density at radius 1 is 1.11 bits per heavy atom. The minimum atomic E-state index is -0.912. The maximum absolute atomic E-state index is 14.0. The van der Waals surface area contributed by atoms with E-state index in [1.165, 1.54) is 21.7 Å². The van der Waals surface area contributed by atoms with E-state index in [1.807, 2.05) is 55.5 Å². The maximum Gasteiger partial charge on any atom is 0.247 e. The number of halogens is 1. The van der Waals surface area contributed by atoms with Crippen molar-refractivity contribution in [3.63, 3.8) is 0 Å². The molecule has 0 radical (unpaired) electrons. The van der Waals surface area contributed by atoms with Crippen LogP contribution in [0.2, 0.25) is 0 Å². The number of aryl methyl sites for hydroxylation is 1. The van der Waals surface area contributed by atoms with Gasteiger partial charge in [0.1, 0.15) is 23.9 Å². The van der Waals surface area contributed by atoms with Crippen LogP contribution in [-0.2, 0) is 27.4 Å². The van der Waals surface area contributed by atoms with Crippen molar-refractivity contribution in [2.45, 2.75) is 45.0 Å². The van der Waals surface area contributed by atoms with Gasteiger partial charge in [0, 0.05) is 19.7 Å². The van der Waals surface area contributed by atoms with Crippen LogP contribution in [0.4, 0.5) is 4.39 Å². The maximum atomic E-state index is 14.0. The second kappa shape index (κ2) is 11.5. The molecule has 1 aromatic heterocycles. The van der Waals surface area contributed by atoms with Gasteiger partial charge in [0.25, 0.3) is 0 Å². The van der Waals surface area contributed by atoms with Crippen LogP contribution < -0.4 is 5.32 Å². The van der Waals surface area contributed by atoms with Gasteiger partial charge >= 0.3 is 0 Å². The van der Waals surface area contributed by atoms with Crippen LogP contribution >= 0.6 is 0 Å². The van der Waals surface area contributed by atoms with Crippen LogP contribution in [-0.4, -0.2) is 51.0 Å². The monoisotopic (exact) mass is 515 g/mol. The highest BCUT2D eigenvalue weighted by Crippen LogP contribution is 2.27. The molecule has 0 aliphatic carbocycles. The van der Waals surface area contributed by atoms with E-state index in [0.717, 1.165) is 29.5 Å². The Balaban J connectivity index is 1.50. The molecule has 2 heterocycles. The van der Waals surface area contributed by atoms with Gasteiger partial charge in [0.05, 0.1) is 11.6 Å². The first-order valence-electron chi connectivity index (χ1n) is 12.8. The van der Waals surface area contributed by atoms with Crippen molar-refractivity contribution in [3.8, 4) is 0 Å². The van der Waals surface area contributed by atoms with E-state index < -0.39 is 6.04 Å². The molecule has 1 fully saturated rings. The van der Waals surface area contributed by atoms with Gasteiger partial charge in [-0.2, -0.15) is 0 Å². The van der Waals surface area contributed by atoms with E-state index in [9.17, 15) is 14.0 Å². The zero-order valence-corrected chi connectivity index (χ0v) is 21.2. The molecule has 38 heavy (non-hydrogen) atoms. The van der Waals surface area contributed by atoms with Crippen molar-refractivity contribution in [1.82, 2.24) is 25.2 Å². The molecule has 0 spiro atoms. The minimum Gasteiger partial charge on any atom is -0.376 e.